The van der Waals surface area contributed by atoms with Crippen LogP contribution in [-0.4, -0.2) is 46.8 Å². The van der Waals surface area contributed by atoms with Crippen molar-refractivity contribution in [2.45, 2.75) is 13.5 Å². The summed E-state index contributed by atoms with van der Waals surface area (Å²) in [6.07, 6.45) is 0. The summed E-state index contributed by atoms with van der Waals surface area (Å²) >= 11 is 0. The fraction of sp³-hybridized carbons (Fsp3) is 0.385. The number of urea groups is 1. The first kappa shape index (κ1) is 14.8. The number of nitro benzene ring substituents is 1. The molecule has 0 saturated carbocycles. The number of anilines is 1. The van der Waals surface area contributed by atoms with Gasteiger partial charge in [0.25, 0.3) is 11.6 Å². The molecule has 21 heavy (non-hydrogen) atoms. The Kier molecular flexibility index (Phi) is 4.06. The van der Waals surface area contributed by atoms with Crippen molar-refractivity contribution in [2.75, 3.05) is 25.5 Å². The number of nitrogens with zero attached hydrogens (tertiary/aromatic N) is 3. The van der Waals surface area contributed by atoms with Gasteiger partial charge in [-0.2, -0.15) is 0 Å². The summed E-state index contributed by atoms with van der Waals surface area (Å²) < 4.78 is 0. The lowest BCUT2D eigenvalue weighted by Gasteiger charge is -2.17. The zero-order valence-electron chi connectivity index (χ0n) is 11.8. The minimum atomic E-state index is -0.485. The highest BCUT2D eigenvalue weighted by Crippen LogP contribution is 2.29. The molecule has 1 aliphatic rings. The minimum absolute atomic E-state index is 0.0199. The molecule has 1 saturated heterocycles. The summed E-state index contributed by atoms with van der Waals surface area (Å²) in [5.74, 6) is -0.309. The average molecular weight is 292 g/mol. The maximum atomic E-state index is 11.9. The largest absolute Gasteiger partial charge is 0.379 e. The van der Waals surface area contributed by atoms with E-state index in [1.807, 2.05) is 6.92 Å². The van der Waals surface area contributed by atoms with Gasteiger partial charge in [0.1, 0.15) is 12.2 Å². The van der Waals surface area contributed by atoms with Crippen molar-refractivity contribution < 1.29 is 14.5 Å². The van der Waals surface area contributed by atoms with E-state index in [0.29, 0.717) is 17.8 Å². The monoisotopic (exact) mass is 292 g/mol. The number of nitro groups is 1. The third-order valence-corrected chi connectivity index (χ3v) is 3.24. The van der Waals surface area contributed by atoms with Crippen LogP contribution in [0.5, 0.6) is 0 Å². The van der Waals surface area contributed by atoms with Crippen LogP contribution in [0.15, 0.2) is 18.2 Å². The molecular weight excluding hydrogens is 276 g/mol. The van der Waals surface area contributed by atoms with E-state index in [1.165, 1.54) is 11.0 Å². The zero-order chi connectivity index (χ0) is 15.6. The molecule has 1 fully saturated rings. The lowest BCUT2D eigenvalue weighted by molar-refractivity contribution is -0.384. The molecule has 0 aromatic heterocycles. The normalized spacial score (nSPS) is 14.8. The van der Waals surface area contributed by atoms with Crippen molar-refractivity contribution in [2.24, 2.45) is 0 Å². The highest BCUT2D eigenvalue weighted by molar-refractivity contribution is 6.01. The van der Waals surface area contributed by atoms with Crippen molar-refractivity contribution in [1.82, 2.24) is 9.80 Å². The Morgan fingerprint density at radius 1 is 1.38 bits per heavy atom. The quantitative estimate of drug-likeness (QED) is 0.503. The Morgan fingerprint density at radius 2 is 2.10 bits per heavy atom. The van der Waals surface area contributed by atoms with Gasteiger partial charge in [0.15, 0.2) is 0 Å². The number of benzene rings is 1. The van der Waals surface area contributed by atoms with Gasteiger partial charge in [-0.1, -0.05) is 12.1 Å². The summed E-state index contributed by atoms with van der Waals surface area (Å²) in [6, 6.07) is 4.21. The molecule has 1 aromatic rings. The zero-order valence-corrected chi connectivity index (χ0v) is 11.8. The molecule has 3 amide bonds. The molecule has 0 spiro atoms. The second-order valence-electron chi connectivity index (χ2n) is 4.72. The molecule has 0 radical (unpaired) electrons. The fourth-order valence-corrected chi connectivity index (χ4v) is 2.25. The number of hydrogen-bond donors (Lipinski definition) is 1. The van der Waals surface area contributed by atoms with Crippen molar-refractivity contribution in [3.8, 4) is 0 Å². The number of amides is 3. The van der Waals surface area contributed by atoms with Gasteiger partial charge in [-0.05, 0) is 6.92 Å². The smallest absolute Gasteiger partial charge is 0.327 e. The van der Waals surface area contributed by atoms with Crippen molar-refractivity contribution in [3.05, 3.63) is 33.9 Å². The van der Waals surface area contributed by atoms with Crippen LogP contribution in [0.25, 0.3) is 0 Å². The standard InChI is InChI=1S/C13H16N4O4/c1-3-14-12-9(5-4-6-10(12)17(20)21)7-16-11(18)8-15(2)13(16)19/h4-6,14H,3,7-8H2,1-2H3. The van der Waals surface area contributed by atoms with Crippen LogP contribution in [-0.2, 0) is 11.3 Å². The van der Waals surface area contributed by atoms with Gasteiger partial charge in [0, 0.05) is 25.2 Å². The molecule has 8 nitrogen and oxygen atoms in total. The predicted octanol–water partition coefficient (Wildman–Crippen LogP) is 1.42. The molecule has 1 heterocycles. The number of carbonyl (C=O) groups is 2. The summed E-state index contributed by atoms with van der Waals surface area (Å²) in [4.78, 5) is 36.7. The van der Waals surface area contributed by atoms with Crippen LogP contribution in [0.4, 0.5) is 16.2 Å². The number of nitrogens with one attached hydrogen (secondary N) is 1. The Hall–Kier alpha value is -2.64. The van der Waals surface area contributed by atoms with Crippen molar-refractivity contribution >= 4 is 23.3 Å². The number of hydrogen-bond acceptors (Lipinski definition) is 5. The average Bonchev–Trinajstić information content (AvgIpc) is 2.67. The summed E-state index contributed by atoms with van der Waals surface area (Å²) in [6.45, 7) is 2.37. The topological polar surface area (TPSA) is 95.8 Å². The maximum Gasteiger partial charge on any atom is 0.327 e. The molecule has 1 N–H and O–H groups in total. The molecule has 2 rings (SSSR count). The number of rotatable bonds is 5. The Morgan fingerprint density at radius 3 is 2.62 bits per heavy atom. The fourth-order valence-electron chi connectivity index (χ4n) is 2.25. The number of para-hydroxylation sites is 1. The van der Waals surface area contributed by atoms with Crippen LogP contribution in [0.3, 0.4) is 0 Å². The van der Waals surface area contributed by atoms with E-state index in [4.69, 9.17) is 0 Å². The Bertz CT molecular complexity index is 602. The summed E-state index contributed by atoms with van der Waals surface area (Å²) in [5.41, 5.74) is 0.824. The highest BCUT2D eigenvalue weighted by atomic mass is 16.6. The van der Waals surface area contributed by atoms with Crippen LogP contribution in [0, 0.1) is 10.1 Å². The van der Waals surface area contributed by atoms with Crippen LogP contribution >= 0.6 is 0 Å². The second-order valence-corrected chi connectivity index (χ2v) is 4.72. The van der Waals surface area contributed by atoms with Crippen LogP contribution < -0.4 is 5.32 Å². The molecule has 112 valence electrons. The number of imide groups is 1. The first-order valence-electron chi connectivity index (χ1n) is 6.51. The lowest BCUT2D eigenvalue weighted by atomic mass is 10.1. The number of carbonyl (C=O) groups excluding carboxylic acids is 2. The van der Waals surface area contributed by atoms with Crippen molar-refractivity contribution in [1.29, 1.82) is 0 Å². The van der Waals surface area contributed by atoms with Gasteiger partial charge < -0.3 is 10.2 Å². The van der Waals surface area contributed by atoms with E-state index in [0.717, 1.165) is 4.90 Å². The van der Waals surface area contributed by atoms with Crippen LogP contribution in [0.2, 0.25) is 0 Å². The van der Waals surface area contributed by atoms with Gasteiger partial charge in [0.05, 0.1) is 11.5 Å². The minimum Gasteiger partial charge on any atom is -0.379 e. The van der Waals surface area contributed by atoms with Gasteiger partial charge in [-0.25, -0.2) is 4.79 Å². The third kappa shape index (κ3) is 2.78. The predicted molar refractivity (Wildman–Crippen MR) is 75.8 cm³/mol. The van der Waals surface area contributed by atoms with E-state index in [2.05, 4.69) is 5.32 Å². The van der Waals surface area contributed by atoms with E-state index >= 15 is 0 Å². The van der Waals surface area contributed by atoms with E-state index in [-0.39, 0.29) is 24.7 Å². The first-order valence-corrected chi connectivity index (χ1v) is 6.51. The molecule has 0 bridgehead atoms. The third-order valence-electron chi connectivity index (χ3n) is 3.24. The second kappa shape index (κ2) is 5.78. The van der Waals surface area contributed by atoms with Gasteiger partial charge in [0.2, 0.25) is 0 Å². The Balaban J connectivity index is 2.36. The van der Waals surface area contributed by atoms with E-state index in [1.54, 1.807) is 19.2 Å². The van der Waals surface area contributed by atoms with Crippen LogP contribution in [0.1, 0.15) is 12.5 Å². The number of likely N-dealkylation sites (N-methyl/N-ethyl adjacent to an activating group) is 1. The first-order chi connectivity index (χ1) is 9.95. The molecule has 1 aliphatic heterocycles. The van der Waals surface area contributed by atoms with E-state index < -0.39 is 11.0 Å². The van der Waals surface area contributed by atoms with Crippen molar-refractivity contribution in [3.63, 3.8) is 0 Å². The van der Waals surface area contributed by atoms with Gasteiger partial charge >= 0.3 is 6.03 Å². The molecule has 8 heteroatoms. The molecular formula is C13H16N4O4. The molecule has 1 aromatic carbocycles. The molecule has 0 atom stereocenters. The van der Waals surface area contributed by atoms with Gasteiger partial charge in [-0.3, -0.25) is 19.8 Å². The summed E-state index contributed by atoms with van der Waals surface area (Å²) in [7, 11) is 1.54. The summed E-state index contributed by atoms with van der Waals surface area (Å²) in [5, 5.41) is 14.0. The van der Waals surface area contributed by atoms with Gasteiger partial charge in [-0.15, -0.1) is 0 Å². The highest BCUT2D eigenvalue weighted by Gasteiger charge is 2.34. The van der Waals surface area contributed by atoms with E-state index in [9.17, 15) is 19.7 Å². The maximum absolute atomic E-state index is 11.9. The Labute approximate surface area is 121 Å². The molecule has 0 unspecified atom stereocenters. The SMILES string of the molecule is CCNc1c(CN2C(=O)CN(C)C2=O)cccc1[N+](=O)[O-]. The lowest BCUT2D eigenvalue weighted by Crippen LogP contribution is -2.31. The molecule has 0 aliphatic carbocycles.